The number of halogens is 1. The van der Waals surface area contributed by atoms with Crippen LogP contribution in [-0.4, -0.2) is 46.9 Å². The summed E-state index contributed by atoms with van der Waals surface area (Å²) in [6.07, 6.45) is 3.08. The number of fused-ring (bicyclic) bond motifs is 2. The van der Waals surface area contributed by atoms with Crippen molar-refractivity contribution in [3.05, 3.63) is 63.6 Å². The Morgan fingerprint density at radius 3 is 2.72 bits per heavy atom. The van der Waals surface area contributed by atoms with E-state index in [1.54, 1.807) is 11.3 Å². The number of piperidine rings is 1. The van der Waals surface area contributed by atoms with Crippen LogP contribution in [0, 0.1) is 0 Å². The quantitative estimate of drug-likeness (QED) is 0.609. The summed E-state index contributed by atoms with van der Waals surface area (Å²) in [5, 5.41) is 1.95. The summed E-state index contributed by atoms with van der Waals surface area (Å²) in [6, 6.07) is 14.4. The Morgan fingerprint density at radius 2 is 1.90 bits per heavy atom. The fourth-order valence-electron chi connectivity index (χ4n) is 4.43. The van der Waals surface area contributed by atoms with Crippen LogP contribution in [-0.2, 0) is 17.8 Å². The molecule has 3 aromatic rings. The first-order valence-corrected chi connectivity index (χ1v) is 11.5. The Morgan fingerprint density at radius 1 is 1.10 bits per heavy atom. The minimum atomic E-state index is 0.257. The summed E-state index contributed by atoms with van der Waals surface area (Å²) >= 11 is 7.88. The number of rotatable bonds is 3. The van der Waals surface area contributed by atoms with Crippen LogP contribution in [0.5, 0.6) is 0 Å². The third-order valence-electron chi connectivity index (χ3n) is 6.15. The number of hydrogen-bond donors (Lipinski definition) is 0. The smallest absolute Gasteiger partial charge is 0.237 e. The third kappa shape index (κ3) is 4.04. The molecule has 4 nitrogen and oxygen atoms in total. The van der Waals surface area contributed by atoms with Crippen LogP contribution in [0.1, 0.15) is 34.9 Å². The molecule has 6 heteroatoms. The second kappa shape index (κ2) is 8.05. The molecule has 3 heterocycles. The summed E-state index contributed by atoms with van der Waals surface area (Å²) in [6.45, 7) is 4.03. The number of aromatic nitrogens is 1. The number of carbonyl (C=O) groups excluding carboxylic acids is 1. The summed E-state index contributed by atoms with van der Waals surface area (Å²) in [5.74, 6) is 0.743. The molecule has 5 rings (SSSR count). The molecular formula is C23H24ClN3OS. The van der Waals surface area contributed by atoms with Gasteiger partial charge in [-0.3, -0.25) is 9.69 Å². The van der Waals surface area contributed by atoms with E-state index in [1.165, 1.54) is 20.8 Å². The first-order chi connectivity index (χ1) is 14.2. The maximum atomic E-state index is 12.8. The lowest BCUT2D eigenvalue weighted by Gasteiger charge is -2.34. The second-order valence-corrected chi connectivity index (χ2v) is 9.55. The van der Waals surface area contributed by atoms with E-state index in [1.807, 2.05) is 17.0 Å². The highest BCUT2D eigenvalue weighted by atomic mass is 35.5. The van der Waals surface area contributed by atoms with Crippen LogP contribution < -0.4 is 0 Å². The van der Waals surface area contributed by atoms with Crippen molar-refractivity contribution in [3.8, 4) is 0 Å². The van der Waals surface area contributed by atoms with Gasteiger partial charge in [-0.25, -0.2) is 4.98 Å². The molecule has 2 aromatic carbocycles. The van der Waals surface area contributed by atoms with Gasteiger partial charge in [0.25, 0.3) is 0 Å². The molecule has 0 radical (unpaired) electrons. The Hall–Kier alpha value is -1.95. The lowest BCUT2D eigenvalue weighted by Crippen LogP contribution is -2.44. The van der Waals surface area contributed by atoms with Gasteiger partial charge in [-0.2, -0.15) is 0 Å². The zero-order valence-electron chi connectivity index (χ0n) is 16.3. The number of nitrogens with zero attached hydrogens (tertiary/aromatic N) is 3. The maximum absolute atomic E-state index is 12.8. The van der Waals surface area contributed by atoms with E-state index in [4.69, 9.17) is 16.6 Å². The van der Waals surface area contributed by atoms with Gasteiger partial charge in [0.05, 0.1) is 21.8 Å². The minimum absolute atomic E-state index is 0.257. The van der Waals surface area contributed by atoms with Crippen LogP contribution in [0.25, 0.3) is 10.2 Å². The Labute approximate surface area is 180 Å². The van der Waals surface area contributed by atoms with Crippen molar-refractivity contribution >= 4 is 39.1 Å². The third-order valence-corrected chi connectivity index (χ3v) is 7.58. The molecule has 29 heavy (non-hydrogen) atoms. The van der Waals surface area contributed by atoms with Crippen LogP contribution in [0.3, 0.4) is 0 Å². The van der Waals surface area contributed by atoms with Gasteiger partial charge in [-0.05, 0) is 61.7 Å². The summed E-state index contributed by atoms with van der Waals surface area (Å²) in [7, 11) is 0. The molecule has 150 valence electrons. The number of benzene rings is 2. The highest BCUT2D eigenvalue weighted by molar-refractivity contribution is 7.18. The zero-order valence-corrected chi connectivity index (χ0v) is 17.9. The molecule has 1 fully saturated rings. The van der Waals surface area contributed by atoms with E-state index < -0.39 is 0 Å². The fraction of sp³-hybridized carbons (Fsp3) is 0.391. The molecule has 0 atom stereocenters. The van der Waals surface area contributed by atoms with Gasteiger partial charge < -0.3 is 4.90 Å². The monoisotopic (exact) mass is 425 g/mol. The molecule has 0 bridgehead atoms. The average Bonchev–Trinajstić information content (AvgIpc) is 3.17. The normalized spacial score (nSPS) is 18.2. The first-order valence-electron chi connectivity index (χ1n) is 10.3. The number of thiazole rings is 1. The highest BCUT2D eigenvalue weighted by Gasteiger charge is 2.27. The number of carbonyl (C=O) groups is 1. The van der Waals surface area contributed by atoms with Gasteiger partial charge in [0.2, 0.25) is 5.91 Å². The van der Waals surface area contributed by atoms with Crippen LogP contribution in [0.4, 0.5) is 0 Å². The summed E-state index contributed by atoms with van der Waals surface area (Å²) in [4.78, 5) is 22.0. The summed E-state index contributed by atoms with van der Waals surface area (Å²) in [5.41, 5.74) is 3.68. The molecule has 0 unspecified atom stereocenters. The molecule has 2 aliphatic heterocycles. The second-order valence-electron chi connectivity index (χ2n) is 8.05. The van der Waals surface area contributed by atoms with Crippen LogP contribution in [0.2, 0.25) is 5.02 Å². The average molecular weight is 426 g/mol. The molecule has 0 saturated carbocycles. The molecule has 1 amide bonds. The molecule has 0 N–H and O–H groups in total. The highest BCUT2D eigenvalue weighted by Crippen LogP contribution is 2.34. The zero-order chi connectivity index (χ0) is 19.8. The van der Waals surface area contributed by atoms with E-state index in [0.717, 1.165) is 56.0 Å². The molecular weight excluding hydrogens is 402 g/mol. The van der Waals surface area contributed by atoms with E-state index in [-0.39, 0.29) is 5.91 Å². The summed E-state index contributed by atoms with van der Waals surface area (Å²) < 4.78 is 1.20. The van der Waals surface area contributed by atoms with Crippen molar-refractivity contribution in [1.29, 1.82) is 0 Å². The lowest BCUT2D eigenvalue weighted by atomic mass is 9.97. The van der Waals surface area contributed by atoms with E-state index in [2.05, 4.69) is 35.2 Å². The minimum Gasteiger partial charge on any atom is -0.337 e. The van der Waals surface area contributed by atoms with Crippen LogP contribution in [0.15, 0.2) is 42.5 Å². The van der Waals surface area contributed by atoms with Gasteiger partial charge in [-0.1, -0.05) is 35.9 Å². The predicted octanol–water partition coefficient (Wildman–Crippen LogP) is 4.71. The molecule has 0 aliphatic carbocycles. The van der Waals surface area contributed by atoms with Gasteiger partial charge in [0, 0.05) is 24.0 Å². The van der Waals surface area contributed by atoms with Crippen LogP contribution >= 0.6 is 22.9 Å². The van der Waals surface area contributed by atoms with E-state index >= 15 is 0 Å². The van der Waals surface area contributed by atoms with Crippen molar-refractivity contribution < 1.29 is 4.79 Å². The molecule has 1 saturated heterocycles. The van der Waals surface area contributed by atoms with Gasteiger partial charge in [0.1, 0.15) is 0 Å². The maximum Gasteiger partial charge on any atom is 0.237 e. The standard InChI is InChI=1S/C23H24ClN3OS/c24-19-5-6-21-20(13-19)25-23(29-21)17-7-10-26(11-8-17)15-22(28)27-12-9-16-3-1-2-4-18(16)14-27/h1-6,13,17H,7-12,14-15H2. The molecule has 1 aromatic heterocycles. The largest absolute Gasteiger partial charge is 0.337 e. The van der Waals surface area contributed by atoms with Crippen molar-refractivity contribution in [2.45, 2.75) is 31.7 Å². The Kier molecular flexibility index (Phi) is 5.29. The van der Waals surface area contributed by atoms with E-state index in [9.17, 15) is 4.79 Å². The van der Waals surface area contributed by atoms with E-state index in [0.29, 0.717) is 12.5 Å². The number of likely N-dealkylation sites (tertiary alicyclic amines) is 1. The topological polar surface area (TPSA) is 36.4 Å². The Balaban J connectivity index is 1.17. The van der Waals surface area contributed by atoms with Crippen molar-refractivity contribution in [2.75, 3.05) is 26.2 Å². The van der Waals surface area contributed by atoms with Crippen molar-refractivity contribution in [3.63, 3.8) is 0 Å². The SMILES string of the molecule is O=C(CN1CCC(c2nc3cc(Cl)ccc3s2)CC1)N1CCc2ccccc2C1. The van der Waals surface area contributed by atoms with Crippen molar-refractivity contribution in [2.24, 2.45) is 0 Å². The molecule has 2 aliphatic rings. The van der Waals surface area contributed by atoms with Gasteiger partial charge >= 0.3 is 0 Å². The lowest BCUT2D eigenvalue weighted by molar-refractivity contribution is -0.133. The Bertz CT molecular complexity index is 1040. The van der Waals surface area contributed by atoms with Gasteiger partial charge in [0.15, 0.2) is 0 Å². The fourth-order valence-corrected chi connectivity index (χ4v) is 5.71. The number of hydrogen-bond acceptors (Lipinski definition) is 4. The number of amides is 1. The van der Waals surface area contributed by atoms with Crippen molar-refractivity contribution in [1.82, 2.24) is 14.8 Å². The van der Waals surface area contributed by atoms with Gasteiger partial charge in [-0.15, -0.1) is 11.3 Å². The predicted molar refractivity (Wildman–Crippen MR) is 119 cm³/mol. The first kappa shape index (κ1) is 19.0. The molecule has 0 spiro atoms.